The smallest absolute Gasteiger partial charge is 0.341 e. The van der Waals surface area contributed by atoms with Crippen molar-refractivity contribution in [2.24, 2.45) is 10.7 Å². The van der Waals surface area contributed by atoms with E-state index in [0.717, 1.165) is 0 Å². The molecule has 0 radical (unpaired) electrons. The molecule has 0 aliphatic heterocycles. The third-order valence-corrected chi connectivity index (χ3v) is 2.34. The van der Waals surface area contributed by atoms with E-state index in [1.165, 1.54) is 31.0 Å². The highest BCUT2D eigenvalue weighted by Gasteiger charge is 2.11. The standard InChI is InChI=1S/C10H12N2O3S/c1-15-9(14)7-4-3-6(5-8(7)13)12-10(11)16-2/h3-5,13H,1-2H3,(H2,11,12). The number of hydrogen-bond acceptors (Lipinski definition) is 5. The molecule has 16 heavy (non-hydrogen) atoms. The van der Waals surface area contributed by atoms with E-state index in [1.807, 2.05) is 0 Å². The largest absolute Gasteiger partial charge is 0.507 e. The molecule has 0 atom stereocenters. The highest BCUT2D eigenvalue weighted by atomic mass is 32.2. The Bertz CT molecular complexity index is 432. The normalized spacial score (nSPS) is 11.2. The van der Waals surface area contributed by atoms with Crippen LogP contribution in [0.4, 0.5) is 5.69 Å². The van der Waals surface area contributed by atoms with Gasteiger partial charge in [0.1, 0.15) is 11.3 Å². The van der Waals surface area contributed by atoms with Crippen molar-refractivity contribution < 1.29 is 14.6 Å². The van der Waals surface area contributed by atoms with Gasteiger partial charge in [-0.25, -0.2) is 9.79 Å². The molecule has 1 aromatic carbocycles. The molecule has 0 spiro atoms. The van der Waals surface area contributed by atoms with Crippen molar-refractivity contribution in [1.82, 2.24) is 0 Å². The molecule has 86 valence electrons. The Labute approximate surface area is 97.3 Å². The van der Waals surface area contributed by atoms with Gasteiger partial charge in [-0.2, -0.15) is 0 Å². The minimum atomic E-state index is -0.592. The van der Waals surface area contributed by atoms with Crippen molar-refractivity contribution in [3.05, 3.63) is 23.8 Å². The molecule has 0 saturated heterocycles. The molecule has 0 bridgehead atoms. The second kappa shape index (κ2) is 5.41. The molecular formula is C10H12N2O3S. The number of amidine groups is 1. The van der Waals surface area contributed by atoms with Crippen molar-refractivity contribution in [2.75, 3.05) is 13.4 Å². The Morgan fingerprint density at radius 3 is 2.75 bits per heavy atom. The SMILES string of the molecule is COC(=O)c1ccc(N=C(N)SC)cc1O. The summed E-state index contributed by atoms with van der Waals surface area (Å²) in [4.78, 5) is 15.2. The number of methoxy groups -OCH3 is 1. The number of nitrogens with two attached hydrogens (primary N) is 1. The van der Waals surface area contributed by atoms with Crippen LogP contribution in [-0.2, 0) is 4.74 Å². The molecule has 5 nitrogen and oxygen atoms in total. The lowest BCUT2D eigenvalue weighted by atomic mass is 10.2. The third-order valence-electron chi connectivity index (χ3n) is 1.84. The first kappa shape index (κ1) is 12.4. The van der Waals surface area contributed by atoms with E-state index in [1.54, 1.807) is 12.3 Å². The van der Waals surface area contributed by atoms with E-state index in [4.69, 9.17) is 5.73 Å². The molecule has 0 fully saturated rings. The number of ether oxygens (including phenoxy) is 1. The number of esters is 1. The van der Waals surface area contributed by atoms with Crippen molar-refractivity contribution in [1.29, 1.82) is 0 Å². The first-order valence-corrected chi connectivity index (χ1v) is 5.60. The maximum Gasteiger partial charge on any atom is 0.341 e. The van der Waals surface area contributed by atoms with E-state index in [9.17, 15) is 9.90 Å². The van der Waals surface area contributed by atoms with Crippen LogP contribution in [0.3, 0.4) is 0 Å². The fourth-order valence-corrected chi connectivity index (χ4v) is 1.24. The topological polar surface area (TPSA) is 84.9 Å². The second-order valence-electron chi connectivity index (χ2n) is 2.85. The van der Waals surface area contributed by atoms with Gasteiger partial charge in [-0.3, -0.25) is 0 Å². The molecule has 0 aliphatic rings. The quantitative estimate of drug-likeness (QED) is 0.464. The molecule has 3 N–H and O–H groups in total. The van der Waals surface area contributed by atoms with Crippen LogP contribution >= 0.6 is 11.8 Å². The number of nitrogens with zero attached hydrogens (tertiary/aromatic N) is 1. The highest BCUT2D eigenvalue weighted by Crippen LogP contribution is 2.24. The number of benzene rings is 1. The van der Waals surface area contributed by atoms with E-state index < -0.39 is 5.97 Å². The molecule has 0 aliphatic carbocycles. The molecule has 0 saturated carbocycles. The lowest BCUT2D eigenvalue weighted by molar-refractivity contribution is 0.0597. The number of hydrogen-bond donors (Lipinski definition) is 2. The highest BCUT2D eigenvalue weighted by molar-refractivity contribution is 8.13. The zero-order valence-corrected chi connectivity index (χ0v) is 9.75. The van der Waals surface area contributed by atoms with Gasteiger partial charge in [0.15, 0.2) is 5.17 Å². The van der Waals surface area contributed by atoms with Gasteiger partial charge in [0, 0.05) is 6.07 Å². The van der Waals surface area contributed by atoms with Crippen LogP contribution in [0, 0.1) is 0 Å². The minimum Gasteiger partial charge on any atom is -0.507 e. The maximum atomic E-state index is 11.2. The van der Waals surface area contributed by atoms with Gasteiger partial charge in [0.25, 0.3) is 0 Å². The minimum absolute atomic E-state index is 0.101. The molecule has 6 heteroatoms. The third kappa shape index (κ3) is 2.90. The predicted octanol–water partition coefficient (Wildman–Crippen LogP) is 1.49. The molecule has 0 heterocycles. The zero-order chi connectivity index (χ0) is 12.1. The number of rotatable bonds is 2. The Hall–Kier alpha value is -1.69. The Kier molecular flexibility index (Phi) is 4.19. The molecular weight excluding hydrogens is 228 g/mol. The van der Waals surface area contributed by atoms with Gasteiger partial charge in [-0.05, 0) is 18.4 Å². The van der Waals surface area contributed by atoms with E-state index in [-0.39, 0.29) is 11.3 Å². The molecule has 0 unspecified atom stereocenters. The first-order valence-electron chi connectivity index (χ1n) is 4.38. The van der Waals surface area contributed by atoms with Gasteiger partial charge in [0.05, 0.1) is 12.8 Å². The monoisotopic (exact) mass is 240 g/mol. The first-order chi connectivity index (χ1) is 7.58. The maximum absolute atomic E-state index is 11.2. The molecule has 0 amide bonds. The summed E-state index contributed by atoms with van der Waals surface area (Å²) in [5.74, 6) is -0.770. The van der Waals surface area contributed by atoms with Crippen molar-refractivity contribution >= 4 is 28.6 Å². The van der Waals surface area contributed by atoms with Gasteiger partial charge < -0.3 is 15.6 Å². The Morgan fingerprint density at radius 2 is 2.25 bits per heavy atom. The van der Waals surface area contributed by atoms with Crippen LogP contribution in [-0.4, -0.2) is 29.6 Å². The van der Waals surface area contributed by atoms with Gasteiger partial charge in [-0.1, -0.05) is 11.8 Å². The summed E-state index contributed by atoms with van der Waals surface area (Å²) < 4.78 is 4.50. The van der Waals surface area contributed by atoms with Crippen molar-refractivity contribution in [2.45, 2.75) is 0 Å². The van der Waals surface area contributed by atoms with Gasteiger partial charge >= 0.3 is 5.97 Å². The molecule has 1 aromatic rings. The average molecular weight is 240 g/mol. The number of phenols is 1. The van der Waals surface area contributed by atoms with E-state index in [2.05, 4.69) is 9.73 Å². The van der Waals surface area contributed by atoms with Crippen LogP contribution in [0.15, 0.2) is 23.2 Å². The van der Waals surface area contributed by atoms with Gasteiger partial charge in [0.2, 0.25) is 0 Å². The summed E-state index contributed by atoms with van der Waals surface area (Å²) >= 11 is 1.29. The van der Waals surface area contributed by atoms with E-state index >= 15 is 0 Å². The number of aliphatic imine (C=N–C) groups is 1. The van der Waals surface area contributed by atoms with Crippen LogP contribution < -0.4 is 5.73 Å². The van der Waals surface area contributed by atoms with Crippen LogP contribution in [0.1, 0.15) is 10.4 Å². The predicted molar refractivity (Wildman–Crippen MR) is 64.2 cm³/mol. The summed E-state index contributed by atoms with van der Waals surface area (Å²) in [6, 6.07) is 4.37. The van der Waals surface area contributed by atoms with Crippen LogP contribution in [0.25, 0.3) is 0 Å². The Balaban J connectivity index is 3.04. The fraction of sp³-hybridized carbons (Fsp3) is 0.200. The summed E-state index contributed by atoms with van der Waals surface area (Å²) in [7, 11) is 1.25. The fourth-order valence-electron chi connectivity index (χ4n) is 1.05. The van der Waals surface area contributed by atoms with Gasteiger partial charge in [-0.15, -0.1) is 0 Å². The number of aromatic hydroxyl groups is 1. The summed E-state index contributed by atoms with van der Waals surface area (Å²) in [5.41, 5.74) is 6.10. The van der Waals surface area contributed by atoms with Crippen molar-refractivity contribution in [3.8, 4) is 5.75 Å². The number of thioether (sulfide) groups is 1. The lowest BCUT2D eigenvalue weighted by Crippen LogP contribution is -2.04. The number of carbonyl (C=O) groups excluding carboxylic acids is 1. The zero-order valence-electron chi connectivity index (χ0n) is 8.93. The van der Waals surface area contributed by atoms with Crippen LogP contribution in [0.2, 0.25) is 0 Å². The number of carbonyl (C=O) groups is 1. The summed E-state index contributed by atoms with van der Waals surface area (Å²) in [6.07, 6.45) is 1.79. The molecule has 1 rings (SSSR count). The van der Waals surface area contributed by atoms with Crippen LogP contribution in [0.5, 0.6) is 5.75 Å². The summed E-state index contributed by atoms with van der Waals surface area (Å²) in [5, 5.41) is 9.94. The van der Waals surface area contributed by atoms with E-state index in [0.29, 0.717) is 10.9 Å². The number of phenolic OH excluding ortho intramolecular Hbond substituents is 1. The van der Waals surface area contributed by atoms with Crippen molar-refractivity contribution in [3.63, 3.8) is 0 Å². The Morgan fingerprint density at radius 1 is 1.56 bits per heavy atom. The molecule has 0 aromatic heterocycles. The summed E-state index contributed by atoms with van der Waals surface area (Å²) in [6.45, 7) is 0. The second-order valence-corrected chi connectivity index (χ2v) is 3.67. The lowest BCUT2D eigenvalue weighted by Gasteiger charge is -2.03. The average Bonchev–Trinajstić information content (AvgIpc) is 2.28.